The molecule has 0 saturated heterocycles. The van der Waals surface area contributed by atoms with Crippen molar-refractivity contribution in [3.05, 3.63) is 65.9 Å². The highest BCUT2D eigenvalue weighted by Crippen LogP contribution is 2.29. The van der Waals surface area contributed by atoms with Crippen molar-refractivity contribution in [2.75, 3.05) is 19.0 Å². The second kappa shape index (κ2) is 7.84. The van der Waals surface area contributed by atoms with E-state index in [1.54, 1.807) is 0 Å². The van der Waals surface area contributed by atoms with Crippen LogP contribution in [0.15, 0.2) is 54.7 Å². The molecule has 134 valence electrons. The van der Waals surface area contributed by atoms with E-state index in [0.29, 0.717) is 5.75 Å². The van der Waals surface area contributed by atoms with Crippen LogP contribution in [0, 0.1) is 13.8 Å². The molecule has 0 radical (unpaired) electrons. The first-order valence-electron chi connectivity index (χ1n) is 8.26. The molecule has 0 aliphatic rings. The summed E-state index contributed by atoms with van der Waals surface area (Å²) in [6.45, 7) is 3.72. The first-order valence-corrected chi connectivity index (χ1v) is 8.26. The van der Waals surface area contributed by atoms with Gasteiger partial charge in [0.15, 0.2) is 5.82 Å². The summed E-state index contributed by atoms with van der Waals surface area (Å²) in [6, 6.07) is 15.7. The van der Waals surface area contributed by atoms with Gasteiger partial charge in [0, 0.05) is 25.1 Å². The molecule has 0 fully saturated rings. The van der Waals surface area contributed by atoms with Crippen LogP contribution in [0.25, 0.3) is 5.69 Å². The van der Waals surface area contributed by atoms with Gasteiger partial charge in [-0.05, 0) is 49.2 Å². The number of nitrogens with one attached hydrogen (secondary N) is 1. The van der Waals surface area contributed by atoms with Crippen molar-refractivity contribution in [2.24, 2.45) is 0 Å². The fourth-order valence-electron chi connectivity index (χ4n) is 2.71. The summed E-state index contributed by atoms with van der Waals surface area (Å²) in [4.78, 5) is 11.7. The predicted molar refractivity (Wildman–Crippen MR) is 100 cm³/mol. The molecule has 26 heavy (non-hydrogen) atoms. The lowest BCUT2D eigenvalue weighted by molar-refractivity contribution is -0.138. The van der Waals surface area contributed by atoms with Crippen molar-refractivity contribution < 1.29 is 14.3 Å². The molecule has 0 bridgehead atoms. The quantitative estimate of drug-likeness (QED) is 0.541. The SMILES string of the molecule is COCC(=O)Oc1c(C)cc(Nc2ccn(-c3ccccc3)n2)cc1C. The standard InChI is InChI=1S/C20H21N3O3/c1-14-11-16(12-15(2)20(14)26-19(24)13-25-3)21-18-9-10-23(22-18)17-7-5-4-6-8-17/h4-12H,13H2,1-3H3,(H,21,22). The van der Waals surface area contributed by atoms with E-state index in [9.17, 15) is 4.79 Å². The summed E-state index contributed by atoms with van der Waals surface area (Å²) in [5.74, 6) is 0.880. The lowest BCUT2D eigenvalue weighted by Crippen LogP contribution is -2.15. The monoisotopic (exact) mass is 351 g/mol. The maximum Gasteiger partial charge on any atom is 0.337 e. The maximum absolute atomic E-state index is 11.7. The Balaban J connectivity index is 1.77. The Bertz CT molecular complexity index is 881. The lowest BCUT2D eigenvalue weighted by atomic mass is 10.1. The molecule has 3 rings (SSSR count). The average molecular weight is 351 g/mol. The van der Waals surface area contributed by atoms with E-state index >= 15 is 0 Å². The first-order chi connectivity index (χ1) is 12.6. The molecule has 0 atom stereocenters. The third-order valence-electron chi connectivity index (χ3n) is 3.82. The number of aromatic nitrogens is 2. The van der Waals surface area contributed by atoms with Crippen molar-refractivity contribution in [3.63, 3.8) is 0 Å². The van der Waals surface area contributed by atoms with E-state index in [4.69, 9.17) is 9.47 Å². The van der Waals surface area contributed by atoms with E-state index in [-0.39, 0.29) is 6.61 Å². The number of carbonyl (C=O) groups excluding carboxylic acids is 1. The Kier molecular flexibility index (Phi) is 5.34. The van der Waals surface area contributed by atoms with Crippen molar-refractivity contribution in [3.8, 4) is 11.4 Å². The van der Waals surface area contributed by atoms with Crippen LogP contribution in [0.3, 0.4) is 0 Å². The van der Waals surface area contributed by atoms with Crippen molar-refractivity contribution in [2.45, 2.75) is 13.8 Å². The van der Waals surface area contributed by atoms with Crippen molar-refractivity contribution in [1.82, 2.24) is 9.78 Å². The molecule has 2 aromatic carbocycles. The van der Waals surface area contributed by atoms with Gasteiger partial charge in [-0.1, -0.05) is 18.2 Å². The highest BCUT2D eigenvalue weighted by Gasteiger charge is 2.12. The first kappa shape index (κ1) is 17.7. The fraction of sp³-hybridized carbons (Fsp3) is 0.200. The number of para-hydroxylation sites is 1. The molecule has 0 spiro atoms. The molecule has 0 unspecified atom stereocenters. The maximum atomic E-state index is 11.7. The largest absolute Gasteiger partial charge is 0.424 e. The summed E-state index contributed by atoms with van der Waals surface area (Å²) < 4.78 is 12.0. The van der Waals surface area contributed by atoms with E-state index < -0.39 is 5.97 Å². The summed E-state index contributed by atoms with van der Waals surface area (Å²) >= 11 is 0. The van der Waals surface area contributed by atoms with Crippen LogP contribution in [0.2, 0.25) is 0 Å². The number of esters is 1. The number of rotatable bonds is 6. The van der Waals surface area contributed by atoms with Gasteiger partial charge in [-0.3, -0.25) is 0 Å². The van der Waals surface area contributed by atoms with Gasteiger partial charge >= 0.3 is 5.97 Å². The highest BCUT2D eigenvalue weighted by atomic mass is 16.6. The van der Waals surface area contributed by atoms with Crippen LogP contribution >= 0.6 is 0 Å². The molecule has 1 aromatic heterocycles. The van der Waals surface area contributed by atoms with Crippen LogP contribution in [0.5, 0.6) is 5.75 Å². The molecule has 6 nitrogen and oxygen atoms in total. The number of anilines is 2. The number of hydrogen-bond donors (Lipinski definition) is 1. The van der Waals surface area contributed by atoms with Gasteiger partial charge in [-0.2, -0.15) is 5.10 Å². The Hall–Kier alpha value is -3.12. The number of carbonyl (C=O) groups is 1. The molecular formula is C20H21N3O3. The Morgan fingerprint density at radius 3 is 2.46 bits per heavy atom. The van der Waals surface area contributed by atoms with Gasteiger partial charge in [-0.15, -0.1) is 0 Å². The number of aryl methyl sites for hydroxylation is 2. The molecule has 1 heterocycles. The Morgan fingerprint density at radius 1 is 1.12 bits per heavy atom. The van der Waals surface area contributed by atoms with E-state index in [0.717, 1.165) is 28.3 Å². The number of nitrogens with zero attached hydrogens (tertiary/aromatic N) is 2. The minimum Gasteiger partial charge on any atom is -0.424 e. The van der Waals surface area contributed by atoms with Crippen molar-refractivity contribution in [1.29, 1.82) is 0 Å². The molecule has 0 saturated carbocycles. The summed E-state index contributed by atoms with van der Waals surface area (Å²) in [5.41, 5.74) is 3.59. The zero-order valence-electron chi connectivity index (χ0n) is 15.0. The minimum absolute atomic E-state index is 0.0736. The zero-order valence-corrected chi connectivity index (χ0v) is 15.0. The topological polar surface area (TPSA) is 65.4 Å². The van der Waals surface area contributed by atoms with Gasteiger partial charge in [0.25, 0.3) is 0 Å². The highest BCUT2D eigenvalue weighted by molar-refractivity contribution is 5.75. The number of ether oxygens (including phenoxy) is 2. The molecular weight excluding hydrogens is 330 g/mol. The van der Waals surface area contributed by atoms with Gasteiger partial charge < -0.3 is 14.8 Å². The van der Waals surface area contributed by atoms with Gasteiger partial charge in [0.05, 0.1) is 5.69 Å². The molecule has 0 aliphatic carbocycles. The molecule has 1 N–H and O–H groups in total. The van der Waals surface area contributed by atoms with Crippen molar-refractivity contribution >= 4 is 17.5 Å². The summed E-state index contributed by atoms with van der Waals surface area (Å²) in [5, 5.41) is 7.82. The van der Waals surface area contributed by atoms with E-state index in [1.165, 1.54) is 7.11 Å². The second-order valence-corrected chi connectivity index (χ2v) is 5.95. The Morgan fingerprint density at radius 2 is 1.81 bits per heavy atom. The third kappa shape index (κ3) is 4.10. The molecule has 0 aliphatic heterocycles. The van der Waals surface area contributed by atoms with Crippen LogP contribution < -0.4 is 10.1 Å². The fourth-order valence-corrected chi connectivity index (χ4v) is 2.71. The number of benzene rings is 2. The van der Waals surface area contributed by atoms with E-state index in [1.807, 2.05) is 73.3 Å². The third-order valence-corrected chi connectivity index (χ3v) is 3.82. The lowest BCUT2D eigenvalue weighted by Gasteiger charge is -2.13. The predicted octanol–water partition coefficient (Wildman–Crippen LogP) is 3.78. The van der Waals surface area contributed by atoms with Crippen LogP contribution in [0.1, 0.15) is 11.1 Å². The summed E-state index contributed by atoms with van der Waals surface area (Å²) in [6.07, 6.45) is 1.90. The van der Waals surface area contributed by atoms with E-state index in [2.05, 4.69) is 10.4 Å². The second-order valence-electron chi connectivity index (χ2n) is 5.95. The number of hydrogen-bond acceptors (Lipinski definition) is 5. The van der Waals surface area contributed by atoms with Crippen LogP contribution in [0.4, 0.5) is 11.5 Å². The number of methoxy groups -OCH3 is 1. The van der Waals surface area contributed by atoms with Gasteiger partial charge in [0.1, 0.15) is 12.4 Å². The zero-order chi connectivity index (χ0) is 18.5. The van der Waals surface area contributed by atoms with Gasteiger partial charge in [-0.25, -0.2) is 9.48 Å². The summed E-state index contributed by atoms with van der Waals surface area (Å²) in [7, 11) is 1.46. The van der Waals surface area contributed by atoms with Crippen LogP contribution in [-0.4, -0.2) is 29.5 Å². The Labute approximate surface area is 152 Å². The smallest absolute Gasteiger partial charge is 0.337 e. The van der Waals surface area contributed by atoms with Gasteiger partial charge in [0.2, 0.25) is 0 Å². The molecule has 6 heteroatoms. The minimum atomic E-state index is -0.416. The van der Waals surface area contributed by atoms with Crippen LogP contribution in [-0.2, 0) is 9.53 Å². The average Bonchev–Trinajstić information content (AvgIpc) is 3.08. The molecule has 3 aromatic rings. The normalized spacial score (nSPS) is 10.6. The molecule has 0 amide bonds.